The Kier molecular flexibility index (Phi) is 5.46. The molecule has 126 valence electrons. The van der Waals surface area contributed by atoms with Crippen molar-refractivity contribution in [3.63, 3.8) is 0 Å². The van der Waals surface area contributed by atoms with E-state index in [1.165, 1.54) is 15.8 Å². The summed E-state index contributed by atoms with van der Waals surface area (Å²) in [5.41, 5.74) is 0. The van der Waals surface area contributed by atoms with Crippen LogP contribution in [-0.2, 0) is 25.6 Å². The van der Waals surface area contributed by atoms with E-state index in [1.54, 1.807) is 6.92 Å². The third-order valence-corrected chi connectivity index (χ3v) is 3.04. The molecule has 1 fully saturated rings. The number of carboxylic acid groups (broad SMARTS) is 1. The van der Waals surface area contributed by atoms with Crippen molar-refractivity contribution in [2.75, 3.05) is 31.6 Å². The van der Waals surface area contributed by atoms with E-state index in [0.29, 0.717) is 6.54 Å². The van der Waals surface area contributed by atoms with Crippen LogP contribution in [0.3, 0.4) is 0 Å². The lowest BCUT2D eigenvalue weighted by molar-refractivity contribution is -0.159. The molecule has 0 aromatic carbocycles. The molecule has 0 saturated carbocycles. The summed E-state index contributed by atoms with van der Waals surface area (Å²) in [6.45, 7) is 2.23. The second-order valence-corrected chi connectivity index (χ2v) is 4.68. The fourth-order valence-corrected chi connectivity index (χ4v) is 1.97. The van der Waals surface area contributed by atoms with E-state index in [-0.39, 0.29) is 38.0 Å². The maximum absolute atomic E-state index is 12.1. The molecule has 1 aromatic rings. The topological polar surface area (TPSA) is 136 Å². The van der Waals surface area contributed by atoms with Crippen LogP contribution in [0, 0.1) is 0 Å². The molecule has 0 spiro atoms. The van der Waals surface area contributed by atoms with E-state index in [1.807, 2.05) is 0 Å². The molecule has 1 aliphatic rings. The normalized spacial score (nSPS) is 17.6. The Bertz CT molecular complexity index is 588. The molecule has 1 atom stereocenters. The van der Waals surface area contributed by atoms with Crippen LogP contribution in [0.1, 0.15) is 6.92 Å². The number of nitrogens with one attached hydrogen (secondary N) is 1. The van der Waals surface area contributed by atoms with Gasteiger partial charge in [0, 0.05) is 6.54 Å². The number of hydrogen-bond donors (Lipinski definition) is 2. The van der Waals surface area contributed by atoms with Crippen LogP contribution in [-0.4, -0.2) is 75.4 Å². The van der Waals surface area contributed by atoms with Crippen LogP contribution in [0.15, 0.2) is 6.20 Å². The number of carbonyl (C=O) groups excluding carboxylic acids is 2. The highest BCUT2D eigenvalue weighted by Crippen LogP contribution is 2.07. The lowest BCUT2D eigenvalue weighted by atomic mass is 10.2. The van der Waals surface area contributed by atoms with Gasteiger partial charge in [0.15, 0.2) is 11.9 Å². The molecule has 0 bridgehead atoms. The maximum Gasteiger partial charge on any atom is 0.412 e. The van der Waals surface area contributed by atoms with Crippen LogP contribution in [0.2, 0.25) is 0 Å². The molecule has 2 amide bonds. The zero-order valence-electron chi connectivity index (χ0n) is 12.5. The minimum Gasteiger partial charge on any atom is -0.479 e. The Morgan fingerprint density at radius 1 is 1.52 bits per heavy atom. The number of ether oxygens (including phenoxy) is 2. The summed E-state index contributed by atoms with van der Waals surface area (Å²) in [6.07, 6.45) is -0.308. The molecule has 2 heterocycles. The monoisotopic (exact) mass is 327 g/mol. The lowest BCUT2D eigenvalue weighted by Crippen LogP contribution is -2.49. The first-order chi connectivity index (χ1) is 11.0. The molecular weight excluding hydrogens is 310 g/mol. The minimum atomic E-state index is -1.11. The van der Waals surface area contributed by atoms with Crippen molar-refractivity contribution in [3.8, 4) is 0 Å². The Labute approximate surface area is 131 Å². The molecule has 11 nitrogen and oxygen atoms in total. The van der Waals surface area contributed by atoms with Gasteiger partial charge in [-0.3, -0.25) is 10.1 Å². The second-order valence-electron chi connectivity index (χ2n) is 4.68. The van der Waals surface area contributed by atoms with E-state index in [9.17, 15) is 14.4 Å². The first kappa shape index (κ1) is 16.7. The SMILES string of the molecule is CCOC(=O)Nc1cn(CC(=O)N2CCOC(C(=O)O)C2)nn1. The van der Waals surface area contributed by atoms with Gasteiger partial charge < -0.3 is 19.5 Å². The number of amides is 2. The molecule has 1 aromatic heterocycles. The lowest BCUT2D eigenvalue weighted by Gasteiger charge is -2.30. The van der Waals surface area contributed by atoms with Crippen LogP contribution in [0.5, 0.6) is 0 Å². The summed E-state index contributed by atoms with van der Waals surface area (Å²) in [5, 5.41) is 18.7. The molecule has 0 radical (unpaired) electrons. The zero-order chi connectivity index (χ0) is 16.8. The van der Waals surface area contributed by atoms with Gasteiger partial charge in [0.2, 0.25) is 5.91 Å². The van der Waals surface area contributed by atoms with Gasteiger partial charge in [-0.05, 0) is 6.92 Å². The predicted octanol–water partition coefficient (Wildman–Crippen LogP) is -0.841. The molecule has 1 saturated heterocycles. The van der Waals surface area contributed by atoms with Crippen molar-refractivity contribution in [1.82, 2.24) is 19.9 Å². The molecule has 1 unspecified atom stereocenters. The van der Waals surface area contributed by atoms with Crippen LogP contribution in [0.4, 0.5) is 10.6 Å². The van der Waals surface area contributed by atoms with Gasteiger partial charge in [-0.1, -0.05) is 5.21 Å². The number of carboxylic acids is 1. The number of nitrogens with zero attached hydrogens (tertiary/aromatic N) is 4. The van der Waals surface area contributed by atoms with Crippen molar-refractivity contribution in [3.05, 3.63) is 6.20 Å². The van der Waals surface area contributed by atoms with E-state index in [0.717, 1.165) is 0 Å². The summed E-state index contributed by atoms with van der Waals surface area (Å²) in [5.74, 6) is -1.27. The van der Waals surface area contributed by atoms with E-state index < -0.39 is 18.2 Å². The number of carbonyl (C=O) groups is 3. The zero-order valence-corrected chi connectivity index (χ0v) is 12.5. The quantitative estimate of drug-likeness (QED) is 0.714. The third-order valence-electron chi connectivity index (χ3n) is 3.04. The van der Waals surface area contributed by atoms with Crippen molar-refractivity contribution in [1.29, 1.82) is 0 Å². The molecule has 11 heteroatoms. The number of aromatic nitrogens is 3. The average molecular weight is 327 g/mol. The summed E-state index contributed by atoms with van der Waals surface area (Å²) >= 11 is 0. The summed E-state index contributed by atoms with van der Waals surface area (Å²) in [4.78, 5) is 35.7. The van der Waals surface area contributed by atoms with E-state index in [4.69, 9.17) is 14.6 Å². The number of morpholine rings is 1. The van der Waals surface area contributed by atoms with Gasteiger partial charge in [0.1, 0.15) is 6.54 Å². The molecule has 2 N–H and O–H groups in total. The summed E-state index contributed by atoms with van der Waals surface area (Å²) in [6, 6.07) is 0. The number of aliphatic carboxylic acids is 1. The van der Waals surface area contributed by atoms with Crippen molar-refractivity contribution in [2.24, 2.45) is 0 Å². The van der Waals surface area contributed by atoms with Gasteiger partial charge >= 0.3 is 12.1 Å². The first-order valence-electron chi connectivity index (χ1n) is 6.95. The molecular formula is C12H17N5O6. The number of rotatable bonds is 5. The highest BCUT2D eigenvalue weighted by Gasteiger charge is 2.29. The Balaban J connectivity index is 1.89. The van der Waals surface area contributed by atoms with E-state index in [2.05, 4.69) is 15.6 Å². The average Bonchev–Trinajstić information content (AvgIpc) is 2.94. The van der Waals surface area contributed by atoms with Crippen LogP contribution in [0.25, 0.3) is 0 Å². The van der Waals surface area contributed by atoms with Crippen LogP contribution >= 0.6 is 0 Å². The third kappa shape index (κ3) is 4.64. The van der Waals surface area contributed by atoms with Crippen molar-refractivity contribution >= 4 is 23.8 Å². The number of hydrogen-bond acceptors (Lipinski definition) is 7. The molecule has 23 heavy (non-hydrogen) atoms. The first-order valence-corrected chi connectivity index (χ1v) is 6.95. The second kappa shape index (κ2) is 7.54. The Morgan fingerprint density at radius 2 is 2.30 bits per heavy atom. The highest BCUT2D eigenvalue weighted by molar-refractivity contribution is 5.83. The largest absolute Gasteiger partial charge is 0.479 e. The van der Waals surface area contributed by atoms with Crippen LogP contribution < -0.4 is 5.32 Å². The predicted molar refractivity (Wildman–Crippen MR) is 74.6 cm³/mol. The smallest absolute Gasteiger partial charge is 0.412 e. The molecule has 0 aliphatic carbocycles. The fourth-order valence-electron chi connectivity index (χ4n) is 1.97. The van der Waals surface area contributed by atoms with Gasteiger partial charge in [-0.25, -0.2) is 14.3 Å². The van der Waals surface area contributed by atoms with Gasteiger partial charge in [-0.2, -0.15) is 0 Å². The van der Waals surface area contributed by atoms with Crippen molar-refractivity contribution < 1.29 is 29.0 Å². The maximum atomic E-state index is 12.1. The van der Waals surface area contributed by atoms with Crippen molar-refractivity contribution in [2.45, 2.75) is 19.6 Å². The molecule has 2 rings (SSSR count). The highest BCUT2D eigenvalue weighted by atomic mass is 16.5. The number of anilines is 1. The standard InChI is InChI=1S/C12H17N5O6/c1-2-22-12(21)13-9-6-17(15-14-9)7-10(18)16-3-4-23-8(5-16)11(19)20/h6,8H,2-5,7H2,1H3,(H,13,21)(H,19,20). The Morgan fingerprint density at radius 3 is 3.00 bits per heavy atom. The Hall–Kier alpha value is -2.69. The summed E-state index contributed by atoms with van der Waals surface area (Å²) < 4.78 is 11.0. The molecule has 1 aliphatic heterocycles. The van der Waals surface area contributed by atoms with Gasteiger partial charge in [0.05, 0.1) is 26.0 Å². The van der Waals surface area contributed by atoms with Gasteiger partial charge in [0.25, 0.3) is 0 Å². The van der Waals surface area contributed by atoms with Gasteiger partial charge in [-0.15, -0.1) is 5.10 Å². The minimum absolute atomic E-state index is 0.0171. The summed E-state index contributed by atoms with van der Waals surface area (Å²) in [7, 11) is 0. The fraction of sp³-hybridized carbons (Fsp3) is 0.583. The van der Waals surface area contributed by atoms with E-state index >= 15 is 0 Å².